The lowest BCUT2D eigenvalue weighted by Gasteiger charge is -2.15. The van der Waals surface area contributed by atoms with Crippen molar-refractivity contribution in [1.82, 2.24) is 4.98 Å². The fourth-order valence-corrected chi connectivity index (χ4v) is 4.63. The number of fused-ring (bicyclic) bond motifs is 1. The van der Waals surface area contributed by atoms with Crippen LogP contribution in [0.25, 0.3) is 22.0 Å². The van der Waals surface area contributed by atoms with E-state index in [-0.39, 0.29) is 9.79 Å². The largest absolute Gasteiger partial charge is 0.255 e. The van der Waals surface area contributed by atoms with Crippen molar-refractivity contribution in [2.45, 2.75) is 16.7 Å². The standard InChI is InChI=1S/C22H17NO2S/c1-16-9-5-6-12-18(16)22-19-13-7-8-14-20(19)23-15-21(22)26(24,25)17-10-3-2-4-11-17/h2-15H,1H3. The number of aryl methyl sites for hydroxylation is 1. The molecule has 0 spiro atoms. The summed E-state index contributed by atoms with van der Waals surface area (Å²) in [6.07, 6.45) is 1.48. The Morgan fingerprint density at radius 2 is 1.42 bits per heavy atom. The summed E-state index contributed by atoms with van der Waals surface area (Å²) in [5.74, 6) is 0. The molecule has 1 heterocycles. The van der Waals surface area contributed by atoms with Crippen molar-refractivity contribution in [2.75, 3.05) is 0 Å². The summed E-state index contributed by atoms with van der Waals surface area (Å²) in [6, 6.07) is 24.0. The molecule has 3 nitrogen and oxygen atoms in total. The van der Waals surface area contributed by atoms with E-state index in [1.807, 2.05) is 55.5 Å². The lowest BCUT2D eigenvalue weighted by molar-refractivity contribution is 0.596. The fourth-order valence-electron chi connectivity index (χ4n) is 3.18. The molecule has 4 heteroatoms. The first-order valence-corrected chi connectivity index (χ1v) is 9.81. The number of hydrogen-bond donors (Lipinski definition) is 0. The van der Waals surface area contributed by atoms with Gasteiger partial charge in [0.2, 0.25) is 9.84 Å². The molecule has 0 fully saturated rings. The molecule has 128 valence electrons. The zero-order valence-corrected chi connectivity index (χ0v) is 15.1. The Hall–Kier alpha value is -2.98. The van der Waals surface area contributed by atoms with Crippen molar-refractivity contribution in [3.63, 3.8) is 0 Å². The highest BCUT2D eigenvalue weighted by Gasteiger charge is 2.24. The van der Waals surface area contributed by atoms with Gasteiger partial charge in [-0.2, -0.15) is 0 Å². The van der Waals surface area contributed by atoms with Crippen molar-refractivity contribution >= 4 is 20.7 Å². The molecule has 1 aromatic heterocycles. The zero-order valence-electron chi connectivity index (χ0n) is 14.3. The van der Waals surface area contributed by atoms with Gasteiger partial charge >= 0.3 is 0 Å². The van der Waals surface area contributed by atoms with Crippen molar-refractivity contribution in [2.24, 2.45) is 0 Å². The molecule has 0 bridgehead atoms. The maximum atomic E-state index is 13.3. The SMILES string of the molecule is Cc1ccccc1-c1c(S(=O)(=O)c2ccccc2)cnc2ccccc12. The molecule has 4 rings (SSSR count). The molecule has 0 radical (unpaired) electrons. The summed E-state index contributed by atoms with van der Waals surface area (Å²) in [7, 11) is -3.69. The highest BCUT2D eigenvalue weighted by Crippen LogP contribution is 2.37. The van der Waals surface area contributed by atoms with E-state index in [4.69, 9.17) is 0 Å². The number of aromatic nitrogens is 1. The normalized spacial score (nSPS) is 11.6. The van der Waals surface area contributed by atoms with Crippen LogP contribution in [0, 0.1) is 6.92 Å². The van der Waals surface area contributed by atoms with Crippen LogP contribution in [-0.4, -0.2) is 13.4 Å². The third-order valence-electron chi connectivity index (χ3n) is 4.50. The molecule has 0 unspecified atom stereocenters. The van der Waals surface area contributed by atoms with Crippen LogP contribution in [-0.2, 0) is 9.84 Å². The summed E-state index contributed by atoms with van der Waals surface area (Å²) in [6.45, 7) is 1.99. The van der Waals surface area contributed by atoms with Gasteiger partial charge in [0.25, 0.3) is 0 Å². The van der Waals surface area contributed by atoms with Gasteiger partial charge < -0.3 is 0 Å². The molecule has 0 aliphatic rings. The molecule has 0 atom stereocenters. The third kappa shape index (κ3) is 2.68. The number of para-hydroxylation sites is 1. The Balaban J connectivity index is 2.12. The van der Waals surface area contributed by atoms with Crippen molar-refractivity contribution < 1.29 is 8.42 Å². The first-order chi connectivity index (χ1) is 12.6. The Morgan fingerprint density at radius 3 is 2.19 bits per heavy atom. The molecule has 0 amide bonds. The van der Waals surface area contributed by atoms with Crippen LogP contribution in [0.2, 0.25) is 0 Å². The van der Waals surface area contributed by atoms with E-state index in [0.717, 1.165) is 22.0 Å². The number of hydrogen-bond acceptors (Lipinski definition) is 3. The number of rotatable bonds is 3. The number of benzene rings is 3. The van der Waals surface area contributed by atoms with E-state index in [1.165, 1.54) is 6.20 Å². The molecule has 0 saturated heterocycles. The minimum Gasteiger partial charge on any atom is -0.255 e. The second-order valence-corrected chi connectivity index (χ2v) is 8.06. The van der Waals surface area contributed by atoms with Gasteiger partial charge in [0, 0.05) is 17.1 Å². The average Bonchev–Trinajstić information content (AvgIpc) is 2.68. The minimum absolute atomic E-state index is 0.233. The quantitative estimate of drug-likeness (QED) is 0.515. The Morgan fingerprint density at radius 1 is 0.769 bits per heavy atom. The molecule has 4 aromatic rings. The van der Waals surface area contributed by atoms with Crippen LogP contribution in [0.4, 0.5) is 0 Å². The van der Waals surface area contributed by atoms with E-state index in [0.29, 0.717) is 5.56 Å². The van der Waals surface area contributed by atoms with Crippen LogP contribution in [0.15, 0.2) is 94.9 Å². The minimum atomic E-state index is -3.69. The van der Waals surface area contributed by atoms with Crippen molar-refractivity contribution in [3.8, 4) is 11.1 Å². The lowest BCUT2D eigenvalue weighted by atomic mass is 9.97. The Bertz CT molecular complexity index is 1200. The molecule has 0 aliphatic carbocycles. The van der Waals surface area contributed by atoms with E-state index < -0.39 is 9.84 Å². The van der Waals surface area contributed by atoms with E-state index in [1.54, 1.807) is 30.3 Å². The van der Waals surface area contributed by atoms with Crippen LogP contribution in [0.1, 0.15) is 5.56 Å². The zero-order chi connectivity index (χ0) is 18.1. The molecular formula is C22H17NO2S. The molecule has 26 heavy (non-hydrogen) atoms. The van der Waals surface area contributed by atoms with Gasteiger partial charge in [0.1, 0.15) is 0 Å². The van der Waals surface area contributed by atoms with Crippen LogP contribution in [0.5, 0.6) is 0 Å². The van der Waals surface area contributed by atoms with Crippen molar-refractivity contribution in [3.05, 3.63) is 90.6 Å². The van der Waals surface area contributed by atoms with Crippen LogP contribution >= 0.6 is 0 Å². The van der Waals surface area contributed by atoms with Gasteiger partial charge in [-0.15, -0.1) is 0 Å². The summed E-state index contributed by atoms with van der Waals surface area (Å²) in [5, 5.41) is 0.832. The van der Waals surface area contributed by atoms with Crippen LogP contribution < -0.4 is 0 Å². The summed E-state index contributed by atoms with van der Waals surface area (Å²) < 4.78 is 26.7. The molecule has 0 aliphatic heterocycles. The molecular weight excluding hydrogens is 342 g/mol. The molecule has 0 saturated carbocycles. The predicted octanol–water partition coefficient (Wildman–Crippen LogP) is 5.04. The first kappa shape index (κ1) is 16.5. The second-order valence-electron chi connectivity index (χ2n) is 6.15. The van der Waals surface area contributed by atoms with Gasteiger partial charge in [-0.3, -0.25) is 4.98 Å². The van der Waals surface area contributed by atoms with E-state index >= 15 is 0 Å². The van der Waals surface area contributed by atoms with Crippen molar-refractivity contribution in [1.29, 1.82) is 0 Å². The molecule has 0 N–H and O–H groups in total. The lowest BCUT2D eigenvalue weighted by Crippen LogP contribution is -2.06. The van der Waals surface area contributed by atoms with Gasteiger partial charge in [-0.1, -0.05) is 60.7 Å². The highest BCUT2D eigenvalue weighted by molar-refractivity contribution is 7.91. The van der Waals surface area contributed by atoms with Crippen LogP contribution in [0.3, 0.4) is 0 Å². The number of nitrogens with zero attached hydrogens (tertiary/aromatic N) is 1. The summed E-state index contributed by atoms with van der Waals surface area (Å²) >= 11 is 0. The molecule has 3 aromatic carbocycles. The Kier molecular flexibility index (Phi) is 4.05. The highest BCUT2D eigenvalue weighted by atomic mass is 32.2. The summed E-state index contributed by atoms with van der Waals surface area (Å²) in [5.41, 5.74) is 3.41. The monoisotopic (exact) mass is 359 g/mol. The smallest absolute Gasteiger partial charge is 0.208 e. The maximum absolute atomic E-state index is 13.3. The van der Waals surface area contributed by atoms with E-state index in [2.05, 4.69) is 4.98 Å². The second kappa shape index (κ2) is 6.39. The topological polar surface area (TPSA) is 47.0 Å². The maximum Gasteiger partial charge on any atom is 0.208 e. The number of pyridine rings is 1. The van der Waals surface area contributed by atoms with Gasteiger partial charge in [-0.05, 0) is 36.2 Å². The van der Waals surface area contributed by atoms with Gasteiger partial charge in [0.15, 0.2) is 0 Å². The van der Waals surface area contributed by atoms with E-state index in [9.17, 15) is 8.42 Å². The average molecular weight is 359 g/mol. The van der Waals surface area contributed by atoms with Gasteiger partial charge in [-0.25, -0.2) is 8.42 Å². The number of sulfone groups is 1. The summed E-state index contributed by atoms with van der Waals surface area (Å²) in [4.78, 5) is 4.91. The fraction of sp³-hybridized carbons (Fsp3) is 0.0455. The Labute approximate surface area is 152 Å². The predicted molar refractivity (Wildman–Crippen MR) is 104 cm³/mol. The first-order valence-electron chi connectivity index (χ1n) is 8.33. The third-order valence-corrected chi connectivity index (χ3v) is 6.28. The van der Waals surface area contributed by atoms with Gasteiger partial charge in [0.05, 0.1) is 15.3 Å².